The van der Waals surface area contributed by atoms with Gasteiger partial charge in [-0.2, -0.15) is 0 Å². The van der Waals surface area contributed by atoms with Crippen molar-refractivity contribution in [2.24, 2.45) is 5.92 Å². The molecule has 78 valence electrons. The van der Waals surface area contributed by atoms with Crippen LogP contribution >= 0.6 is 0 Å². The standard InChI is InChI=1S/C11H18N2O/c1-9-6-13(2)7-11(9)12-5-10-3-4-14-8-10/h3-4,8-9,11-12H,5-7H2,1-2H3. The molecule has 0 radical (unpaired) electrons. The highest BCUT2D eigenvalue weighted by molar-refractivity contribution is 5.05. The molecule has 0 aliphatic carbocycles. The van der Waals surface area contributed by atoms with Crippen LogP contribution in [0.5, 0.6) is 0 Å². The first-order valence-corrected chi connectivity index (χ1v) is 5.18. The number of furan rings is 1. The van der Waals surface area contributed by atoms with E-state index in [2.05, 4.69) is 24.2 Å². The first-order chi connectivity index (χ1) is 6.75. The van der Waals surface area contributed by atoms with Gasteiger partial charge in [-0.3, -0.25) is 0 Å². The fraction of sp³-hybridized carbons (Fsp3) is 0.636. The first kappa shape index (κ1) is 9.74. The summed E-state index contributed by atoms with van der Waals surface area (Å²) < 4.78 is 5.03. The Kier molecular flexibility index (Phi) is 2.89. The second kappa shape index (κ2) is 4.15. The number of likely N-dealkylation sites (tertiary alicyclic amines) is 1. The van der Waals surface area contributed by atoms with Crippen molar-refractivity contribution in [2.75, 3.05) is 20.1 Å². The van der Waals surface area contributed by atoms with E-state index in [-0.39, 0.29) is 0 Å². The Balaban J connectivity index is 1.81. The molecule has 3 heteroatoms. The maximum atomic E-state index is 5.03. The molecule has 1 N–H and O–H groups in total. The predicted octanol–water partition coefficient (Wildman–Crippen LogP) is 1.32. The fourth-order valence-corrected chi connectivity index (χ4v) is 2.12. The molecule has 0 spiro atoms. The second-order valence-electron chi connectivity index (χ2n) is 4.32. The molecule has 1 aliphatic rings. The Morgan fingerprint density at radius 1 is 1.57 bits per heavy atom. The van der Waals surface area contributed by atoms with Gasteiger partial charge in [-0.15, -0.1) is 0 Å². The van der Waals surface area contributed by atoms with Crippen LogP contribution in [0.4, 0.5) is 0 Å². The third-order valence-corrected chi connectivity index (χ3v) is 2.94. The topological polar surface area (TPSA) is 28.4 Å². The van der Waals surface area contributed by atoms with Crippen LogP contribution in [-0.4, -0.2) is 31.1 Å². The lowest BCUT2D eigenvalue weighted by atomic mass is 10.1. The molecule has 0 aromatic carbocycles. The van der Waals surface area contributed by atoms with Gasteiger partial charge in [-0.25, -0.2) is 0 Å². The van der Waals surface area contributed by atoms with Crippen LogP contribution in [-0.2, 0) is 6.54 Å². The minimum Gasteiger partial charge on any atom is -0.472 e. The van der Waals surface area contributed by atoms with E-state index in [0.29, 0.717) is 6.04 Å². The molecule has 0 bridgehead atoms. The van der Waals surface area contributed by atoms with Gasteiger partial charge in [0.15, 0.2) is 0 Å². The molecule has 3 nitrogen and oxygen atoms in total. The second-order valence-corrected chi connectivity index (χ2v) is 4.32. The first-order valence-electron chi connectivity index (χ1n) is 5.18. The molecule has 0 amide bonds. The van der Waals surface area contributed by atoms with Gasteiger partial charge in [-0.05, 0) is 19.0 Å². The smallest absolute Gasteiger partial charge is 0.0947 e. The average molecular weight is 194 g/mol. The van der Waals surface area contributed by atoms with Crippen LogP contribution in [0.3, 0.4) is 0 Å². The van der Waals surface area contributed by atoms with E-state index in [1.165, 1.54) is 12.1 Å². The van der Waals surface area contributed by atoms with Gasteiger partial charge in [0.1, 0.15) is 0 Å². The lowest BCUT2D eigenvalue weighted by Crippen LogP contribution is -2.34. The summed E-state index contributed by atoms with van der Waals surface area (Å²) in [6.45, 7) is 5.57. The normalized spacial score (nSPS) is 28.4. The van der Waals surface area contributed by atoms with Gasteiger partial charge in [-0.1, -0.05) is 6.92 Å². The zero-order valence-corrected chi connectivity index (χ0v) is 8.86. The quantitative estimate of drug-likeness (QED) is 0.786. The number of likely N-dealkylation sites (N-methyl/N-ethyl adjacent to an activating group) is 1. The molecule has 2 rings (SSSR count). The highest BCUT2D eigenvalue weighted by Crippen LogP contribution is 2.14. The predicted molar refractivity (Wildman–Crippen MR) is 56.0 cm³/mol. The molecule has 1 aromatic rings. The van der Waals surface area contributed by atoms with Crippen LogP contribution < -0.4 is 5.32 Å². The summed E-state index contributed by atoms with van der Waals surface area (Å²) in [6, 6.07) is 2.63. The van der Waals surface area contributed by atoms with Crippen LogP contribution in [0.15, 0.2) is 23.0 Å². The Morgan fingerprint density at radius 3 is 3.00 bits per heavy atom. The highest BCUT2D eigenvalue weighted by Gasteiger charge is 2.26. The van der Waals surface area contributed by atoms with Crippen molar-refractivity contribution in [3.05, 3.63) is 24.2 Å². The lowest BCUT2D eigenvalue weighted by Gasteiger charge is -2.15. The zero-order chi connectivity index (χ0) is 9.97. The van der Waals surface area contributed by atoms with Gasteiger partial charge in [0.2, 0.25) is 0 Å². The van der Waals surface area contributed by atoms with Crippen LogP contribution in [0.25, 0.3) is 0 Å². The van der Waals surface area contributed by atoms with Crippen molar-refractivity contribution in [1.29, 1.82) is 0 Å². The Labute approximate surface area is 85.1 Å². The maximum Gasteiger partial charge on any atom is 0.0947 e. The molecule has 2 heterocycles. The molecule has 1 aromatic heterocycles. The van der Waals surface area contributed by atoms with Crippen molar-refractivity contribution < 1.29 is 4.42 Å². The number of nitrogens with zero attached hydrogens (tertiary/aromatic N) is 1. The highest BCUT2D eigenvalue weighted by atomic mass is 16.3. The number of rotatable bonds is 3. The molecule has 2 unspecified atom stereocenters. The number of nitrogens with one attached hydrogen (secondary N) is 1. The minimum absolute atomic E-state index is 0.620. The summed E-state index contributed by atoms with van der Waals surface area (Å²) in [5, 5.41) is 3.56. The molecule has 0 saturated carbocycles. The van der Waals surface area contributed by atoms with E-state index < -0.39 is 0 Å². The van der Waals surface area contributed by atoms with Crippen LogP contribution in [0.2, 0.25) is 0 Å². The summed E-state index contributed by atoms with van der Waals surface area (Å²) in [5.41, 5.74) is 1.23. The summed E-state index contributed by atoms with van der Waals surface area (Å²) >= 11 is 0. The Bertz CT molecular complexity index is 271. The van der Waals surface area contributed by atoms with E-state index in [1.54, 1.807) is 12.5 Å². The molecule has 14 heavy (non-hydrogen) atoms. The molecular weight excluding hydrogens is 176 g/mol. The van der Waals surface area contributed by atoms with Gasteiger partial charge in [0, 0.05) is 31.2 Å². The third-order valence-electron chi connectivity index (χ3n) is 2.94. The molecule has 1 aliphatic heterocycles. The van der Waals surface area contributed by atoms with Gasteiger partial charge >= 0.3 is 0 Å². The van der Waals surface area contributed by atoms with Crippen LogP contribution in [0, 0.1) is 5.92 Å². The summed E-state index contributed by atoms with van der Waals surface area (Å²) in [6.07, 6.45) is 3.53. The number of hydrogen-bond acceptors (Lipinski definition) is 3. The summed E-state index contributed by atoms with van der Waals surface area (Å²) in [7, 11) is 2.18. The molecule has 2 atom stereocenters. The van der Waals surface area contributed by atoms with E-state index in [0.717, 1.165) is 19.0 Å². The zero-order valence-electron chi connectivity index (χ0n) is 8.86. The Hall–Kier alpha value is -0.800. The van der Waals surface area contributed by atoms with Crippen molar-refractivity contribution in [3.63, 3.8) is 0 Å². The Morgan fingerprint density at radius 2 is 2.43 bits per heavy atom. The van der Waals surface area contributed by atoms with Crippen molar-refractivity contribution in [2.45, 2.75) is 19.5 Å². The number of hydrogen-bond donors (Lipinski definition) is 1. The van der Waals surface area contributed by atoms with Crippen molar-refractivity contribution >= 4 is 0 Å². The van der Waals surface area contributed by atoms with Crippen molar-refractivity contribution in [1.82, 2.24) is 10.2 Å². The van der Waals surface area contributed by atoms with Gasteiger partial charge < -0.3 is 14.6 Å². The maximum absolute atomic E-state index is 5.03. The summed E-state index contributed by atoms with van der Waals surface area (Å²) in [5.74, 6) is 0.743. The monoisotopic (exact) mass is 194 g/mol. The molecule has 1 saturated heterocycles. The minimum atomic E-state index is 0.620. The van der Waals surface area contributed by atoms with E-state index in [9.17, 15) is 0 Å². The molecular formula is C11H18N2O. The van der Waals surface area contributed by atoms with E-state index >= 15 is 0 Å². The largest absolute Gasteiger partial charge is 0.472 e. The average Bonchev–Trinajstić information content (AvgIpc) is 2.72. The van der Waals surface area contributed by atoms with Crippen molar-refractivity contribution in [3.8, 4) is 0 Å². The lowest BCUT2D eigenvalue weighted by molar-refractivity contribution is 0.396. The molecule has 1 fully saturated rings. The van der Waals surface area contributed by atoms with E-state index in [4.69, 9.17) is 4.42 Å². The summed E-state index contributed by atoms with van der Waals surface area (Å²) in [4.78, 5) is 2.37. The third kappa shape index (κ3) is 2.16. The fourth-order valence-electron chi connectivity index (χ4n) is 2.12. The van der Waals surface area contributed by atoms with Gasteiger partial charge in [0.05, 0.1) is 12.5 Å². The van der Waals surface area contributed by atoms with Gasteiger partial charge in [0.25, 0.3) is 0 Å². The SMILES string of the molecule is CC1CN(C)CC1NCc1ccoc1. The van der Waals surface area contributed by atoms with Crippen LogP contribution in [0.1, 0.15) is 12.5 Å². The van der Waals surface area contributed by atoms with E-state index in [1.807, 2.05) is 6.07 Å².